The standard InChI is InChI=1S/C22H23FN4O/c1-14-6-19-20(7-15(14)2)26-22(25-19)13-28-21-12-27(11-18(21)23)10-17-5-3-4-16(8-17)9-24/h3-8,18,21H,10-13H2,1-2H3,(H,25,26). The van der Waals surface area contributed by atoms with Gasteiger partial charge >= 0.3 is 0 Å². The zero-order chi connectivity index (χ0) is 19.7. The number of alkyl halides is 1. The second kappa shape index (κ2) is 7.70. The van der Waals surface area contributed by atoms with Crippen LogP contribution in [-0.2, 0) is 17.9 Å². The zero-order valence-corrected chi connectivity index (χ0v) is 16.1. The van der Waals surface area contributed by atoms with E-state index in [1.165, 1.54) is 11.1 Å². The molecule has 5 nitrogen and oxygen atoms in total. The van der Waals surface area contributed by atoms with E-state index in [0.29, 0.717) is 31.0 Å². The van der Waals surface area contributed by atoms with E-state index in [9.17, 15) is 4.39 Å². The fraction of sp³-hybridized carbons (Fsp3) is 0.364. The molecule has 2 atom stereocenters. The van der Waals surface area contributed by atoms with E-state index in [1.807, 2.05) is 23.1 Å². The largest absolute Gasteiger partial charge is 0.366 e. The Bertz CT molecular complexity index is 1000. The summed E-state index contributed by atoms with van der Waals surface area (Å²) in [4.78, 5) is 9.85. The van der Waals surface area contributed by atoms with Gasteiger partial charge in [0.2, 0.25) is 0 Å². The van der Waals surface area contributed by atoms with Crippen LogP contribution in [0.4, 0.5) is 4.39 Å². The predicted molar refractivity (Wildman–Crippen MR) is 105 cm³/mol. The number of nitrogens with zero attached hydrogens (tertiary/aromatic N) is 3. The van der Waals surface area contributed by atoms with Crippen molar-refractivity contribution in [3.8, 4) is 6.07 Å². The number of hydrogen-bond acceptors (Lipinski definition) is 4. The third-order valence-corrected chi connectivity index (χ3v) is 5.32. The number of aromatic nitrogens is 2. The van der Waals surface area contributed by atoms with Gasteiger partial charge in [-0.2, -0.15) is 5.26 Å². The number of ether oxygens (including phenoxy) is 1. The molecule has 4 rings (SSSR count). The summed E-state index contributed by atoms with van der Waals surface area (Å²) in [6, 6.07) is 13.7. The van der Waals surface area contributed by atoms with Gasteiger partial charge in [-0.1, -0.05) is 12.1 Å². The summed E-state index contributed by atoms with van der Waals surface area (Å²) in [7, 11) is 0. The molecule has 0 radical (unpaired) electrons. The zero-order valence-electron chi connectivity index (χ0n) is 16.1. The first kappa shape index (κ1) is 18.6. The lowest BCUT2D eigenvalue weighted by Gasteiger charge is -2.15. The number of nitriles is 1. The molecule has 0 saturated carbocycles. The number of hydrogen-bond donors (Lipinski definition) is 1. The van der Waals surface area contributed by atoms with E-state index < -0.39 is 12.3 Å². The molecule has 0 bridgehead atoms. The first-order valence-corrected chi connectivity index (χ1v) is 9.45. The molecule has 144 valence electrons. The van der Waals surface area contributed by atoms with Gasteiger partial charge in [0.25, 0.3) is 0 Å². The first-order valence-electron chi connectivity index (χ1n) is 9.45. The van der Waals surface area contributed by atoms with Gasteiger partial charge in [0.05, 0.1) is 22.7 Å². The summed E-state index contributed by atoms with van der Waals surface area (Å²) in [5.41, 5.74) is 5.92. The van der Waals surface area contributed by atoms with E-state index >= 15 is 0 Å². The van der Waals surface area contributed by atoms with E-state index in [1.54, 1.807) is 6.07 Å². The fourth-order valence-corrected chi connectivity index (χ4v) is 3.67. The van der Waals surface area contributed by atoms with Crippen LogP contribution in [0.1, 0.15) is 28.1 Å². The number of halogens is 1. The Balaban J connectivity index is 1.37. The lowest BCUT2D eigenvalue weighted by atomic mass is 10.1. The second-order valence-electron chi connectivity index (χ2n) is 7.51. The van der Waals surface area contributed by atoms with Gasteiger partial charge < -0.3 is 9.72 Å². The molecule has 2 aromatic carbocycles. The number of rotatable bonds is 5. The number of imidazole rings is 1. The van der Waals surface area contributed by atoms with Gasteiger partial charge in [-0.25, -0.2) is 9.37 Å². The quantitative estimate of drug-likeness (QED) is 0.734. The van der Waals surface area contributed by atoms with Crippen LogP contribution in [0, 0.1) is 25.2 Å². The number of fused-ring (bicyclic) bond motifs is 1. The normalized spacial score (nSPS) is 19.9. The Morgan fingerprint density at radius 2 is 2.07 bits per heavy atom. The average molecular weight is 378 g/mol. The average Bonchev–Trinajstić information content (AvgIpc) is 3.22. The van der Waals surface area contributed by atoms with Crippen LogP contribution in [-0.4, -0.2) is 40.2 Å². The van der Waals surface area contributed by atoms with Crippen LogP contribution in [0.2, 0.25) is 0 Å². The summed E-state index contributed by atoms with van der Waals surface area (Å²) in [5, 5.41) is 9.02. The van der Waals surface area contributed by atoms with E-state index in [-0.39, 0.29) is 6.61 Å². The number of aryl methyl sites for hydroxylation is 2. The van der Waals surface area contributed by atoms with Gasteiger partial charge in [-0.3, -0.25) is 4.90 Å². The van der Waals surface area contributed by atoms with Crippen molar-refractivity contribution in [2.45, 2.75) is 39.3 Å². The maximum Gasteiger partial charge on any atom is 0.140 e. The smallest absolute Gasteiger partial charge is 0.140 e. The number of likely N-dealkylation sites (tertiary alicyclic amines) is 1. The lowest BCUT2D eigenvalue weighted by Crippen LogP contribution is -2.24. The van der Waals surface area contributed by atoms with Crippen LogP contribution in [0.5, 0.6) is 0 Å². The molecule has 2 heterocycles. The minimum atomic E-state index is -1.03. The predicted octanol–water partition coefficient (Wildman–Crippen LogP) is 3.79. The molecule has 1 aliphatic heterocycles. The number of H-pyrrole nitrogens is 1. The molecule has 1 aliphatic rings. The topological polar surface area (TPSA) is 64.9 Å². The monoisotopic (exact) mass is 378 g/mol. The highest BCUT2D eigenvalue weighted by Gasteiger charge is 2.33. The van der Waals surface area contributed by atoms with Crippen molar-refractivity contribution in [1.29, 1.82) is 5.26 Å². The molecule has 6 heteroatoms. The molecule has 0 spiro atoms. The van der Waals surface area contributed by atoms with Crippen molar-refractivity contribution >= 4 is 11.0 Å². The van der Waals surface area contributed by atoms with Crippen LogP contribution in [0.15, 0.2) is 36.4 Å². The Hall–Kier alpha value is -2.75. The minimum absolute atomic E-state index is 0.260. The molecule has 0 aliphatic carbocycles. The summed E-state index contributed by atoms with van der Waals surface area (Å²) >= 11 is 0. The third kappa shape index (κ3) is 3.91. The van der Waals surface area contributed by atoms with E-state index in [0.717, 1.165) is 16.6 Å². The molecule has 1 N–H and O–H groups in total. The maximum absolute atomic E-state index is 14.4. The lowest BCUT2D eigenvalue weighted by molar-refractivity contribution is 0.00864. The van der Waals surface area contributed by atoms with E-state index in [4.69, 9.17) is 10.00 Å². The van der Waals surface area contributed by atoms with Gasteiger partial charge in [-0.15, -0.1) is 0 Å². The Morgan fingerprint density at radius 1 is 1.25 bits per heavy atom. The molecule has 0 amide bonds. The molecule has 1 saturated heterocycles. The summed E-state index contributed by atoms with van der Waals surface area (Å²) in [6.45, 7) is 5.86. The van der Waals surface area contributed by atoms with Crippen LogP contribution < -0.4 is 0 Å². The van der Waals surface area contributed by atoms with Crippen molar-refractivity contribution < 1.29 is 9.13 Å². The highest BCUT2D eigenvalue weighted by atomic mass is 19.1. The molecule has 2 unspecified atom stereocenters. The highest BCUT2D eigenvalue weighted by Crippen LogP contribution is 2.22. The third-order valence-electron chi connectivity index (χ3n) is 5.32. The second-order valence-corrected chi connectivity index (χ2v) is 7.51. The molecule has 1 aromatic heterocycles. The molecule has 28 heavy (non-hydrogen) atoms. The van der Waals surface area contributed by atoms with Gasteiger partial charge in [0, 0.05) is 19.6 Å². The summed E-state index contributed by atoms with van der Waals surface area (Å²) in [6.07, 6.45) is -1.51. The van der Waals surface area contributed by atoms with Crippen molar-refractivity contribution in [2.24, 2.45) is 0 Å². The summed E-state index contributed by atoms with van der Waals surface area (Å²) in [5.74, 6) is 0.715. The minimum Gasteiger partial charge on any atom is -0.366 e. The number of aromatic amines is 1. The number of benzene rings is 2. The summed E-state index contributed by atoms with van der Waals surface area (Å²) < 4.78 is 20.3. The SMILES string of the molecule is Cc1cc2nc(COC3CN(Cc4cccc(C#N)c4)CC3F)[nH]c2cc1C. The van der Waals surface area contributed by atoms with E-state index in [2.05, 4.69) is 42.0 Å². The van der Waals surface area contributed by atoms with Gasteiger partial charge in [0.1, 0.15) is 24.7 Å². The first-order chi connectivity index (χ1) is 13.5. The maximum atomic E-state index is 14.4. The Kier molecular flexibility index (Phi) is 5.12. The van der Waals surface area contributed by atoms with Crippen molar-refractivity contribution in [3.63, 3.8) is 0 Å². The molecule has 1 fully saturated rings. The molecule has 3 aromatic rings. The fourth-order valence-electron chi connectivity index (χ4n) is 3.67. The van der Waals surface area contributed by atoms with Crippen molar-refractivity contribution in [1.82, 2.24) is 14.9 Å². The van der Waals surface area contributed by atoms with Crippen molar-refractivity contribution in [2.75, 3.05) is 13.1 Å². The number of nitrogens with one attached hydrogen (secondary N) is 1. The van der Waals surface area contributed by atoms with Crippen LogP contribution in [0.25, 0.3) is 11.0 Å². The Morgan fingerprint density at radius 3 is 2.89 bits per heavy atom. The van der Waals surface area contributed by atoms with Crippen molar-refractivity contribution in [3.05, 3.63) is 64.5 Å². The van der Waals surface area contributed by atoms with Crippen LogP contribution in [0.3, 0.4) is 0 Å². The highest BCUT2D eigenvalue weighted by molar-refractivity contribution is 5.77. The van der Waals surface area contributed by atoms with Gasteiger partial charge in [0.15, 0.2) is 0 Å². The molecular formula is C22H23FN4O. The Labute approximate surface area is 163 Å². The van der Waals surface area contributed by atoms with Crippen LogP contribution >= 0.6 is 0 Å². The van der Waals surface area contributed by atoms with Gasteiger partial charge in [-0.05, 0) is 54.8 Å². The molecular weight excluding hydrogens is 355 g/mol.